The average Bonchev–Trinajstić information content (AvgIpc) is 2.34. The molecule has 0 aliphatic heterocycles. The first kappa shape index (κ1) is 14.4. The van der Waals surface area contributed by atoms with Crippen molar-refractivity contribution in [2.45, 2.75) is 18.2 Å². The maximum absolute atomic E-state index is 11.0. The van der Waals surface area contributed by atoms with Crippen molar-refractivity contribution >= 4 is 33.9 Å². The van der Waals surface area contributed by atoms with Crippen molar-refractivity contribution in [1.82, 2.24) is 0 Å². The molecule has 0 bridgehead atoms. The number of hydrogen-bond acceptors (Lipinski definition) is 2. The van der Waals surface area contributed by atoms with Crippen LogP contribution in [-0.2, 0) is 17.1 Å². The van der Waals surface area contributed by atoms with Gasteiger partial charge in [0.25, 0.3) is 0 Å². The minimum absolute atomic E-state index is 0.320. The fourth-order valence-corrected chi connectivity index (χ4v) is 2.76. The number of halogens is 2. The first-order valence-electron chi connectivity index (χ1n) is 5.65. The molecule has 0 heterocycles. The molecule has 100 valence electrons. The van der Waals surface area contributed by atoms with Crippen LogP contribution in [-0.4, -0.2) is 8.42 Å². The molecular formula is C14H12Cl2O2S. The maximum Gasteiger partial charge on any atom is 0.168 e. The van der Waals surface area contributed by atoms with Crippen LogP contribution in [0, 0.1) is 6.92 Å². The van der Waals surface area contributed by atoms with E-state index in [1.807, 2.05) is 13.0 Å². The zero-order valence-electron chi connectivity index (χ0n) is 10.2. The topological polar surface area (TPSA) is 34.1 Å². The molecule has 2 rings (SSSR count). The first-order valence-corrected chi connectivity index (χ1v) is 7.58. The summed E-state index contributed by atoms with van der Waals surface area (Å²) in [7, 11) is -2.57. The van der Waals surface area contributed by atoms with Gasteiger partial charge in [-0.15, -0.1) is 0 Å². The lowest BCUT2D eigenvalue weighted by Crippen LogP contribution is -1.94. The van der Waals surface area contributed by atoms with E-state index < -0.39 is 10.7 Å². The van der Waals surface area contributed by atoms with E-state index in [4.69, 9.17) is 23.2 Å². The van der Waals surface area contributed by atoms with Crippen LogP contribution in [0.2, 0.25) is 10.0 Å². The van der Waals surface area contributed by atoms with E-state index in [1.165, 1.54) is 0 Å². The minimum Gasteiger partial charge on any atom is -0.227 e. The Hall–Kier alpha value is -1.03. The summed E-state index contributed by atoms with van der Waals surface area (Å²) in [6.07, 6.45) is 0.582. The smallest absolute Gasteiger partial charge is 0.168 e. The minimum atomic E-state index is -2.57. The van der Waals surface area contributed by atoms with Crippen molar-refractivity contribution in [3.05, 3.63) is 63.1 Å². The van der Waals surface area contributed by atoms with Gasteiger partial charge in [-0.05, 0) is 54.3 Å². The average molecular weight is 315 g/mol. The van der Waals surface area contributed by atoms with Crippen LogP contribution in [0.1, 0.15) is 16.7 Å². The molecule has 2 aromatic carbocycles. The van der Waals surface area contributed by atoms with E-state index in [1.54, 1.807) is 30.3 Å². The maximum atomic E-state index is 11.0. The summed E-state index contributed by atoms with van der Waals surface area (Å²) in [5.41, 5.74) is 2.90. The largest absolute Gasteiger partial charge is 0.227 e. The standard InChI is InChI=1S/C14H12Cl2O2S/c1-9-2-5-13(19(17)18)7-11(9)6-10-3-4-12(15)8-14(10)16/h2-5,7-8,19H,6H2,1H3. The second kappa shape index (κ2) is 5.95. The summed E-state index contributed by atoms with van der Waals surface area (Å²) in [6, 6.07) is 10.4. The molecule has 0 fully saturated rings. The van der Waals surface area contributed by atoms with Gasteiger partial charge in [0.2, 0.25) is 0 Å². The molecule has 0 N–H and O–H groups in total. The highest BCUT2D eigenvalue weighted by atomic mass is 35.5. The molecule has 0 radical (unpaired) electrons. The van der Waals surface area contributed by atoms with E-state index in [2.05, 4.69) is 0 Å². The molecule has 2 aromatic rings. The molecule has 0 unspecified atom stereocenters. The van der Waals surface area contributed by atoms with Crippen LogP contribution in [0.4, 0.5) is 0 Å². The SMILES string of the molecule is Cc1ccc([SH](=O)=O)cc1Cc1ccc(Cl)cc1Cl. The zero-order valence-corrected chi connectivity index (χ0v) is 12.6. The van der Waals surface area contributed by atoms with E-state index in [0.717, 1.165) is 16.7 Å². The Balaban J connectivity index is 2.40. The van der Waals surface area contributed by atoms with Gasteiger partial charge in [0.1, 0.15) is 0 Å². The molecule has 0 aliphatic carbocycles. The van der Waals surface area contributed by atoms with Crippen LogP contribution < -0.4 is 0 Å². The van der Waals surface area contributed by atoms with Crippen molar-refractivity contribution < 1.29 is 8.42 Å². The van der Waals surface area contributed by atoms with E-state index in [0.29, 0.717) is 21.4 Å². The van der Waals surface area contributed by atoms with Gasteiger partial charge in [0, 0.05) is 10.0 Å². The van der Waals surface area contributed by atoms with Crippen molar-refractivity contribution in [2.75, 3.05) is 0 Å². The Morgan fingerprint density at radius 1 is 1.00 bits per heavy atom. The highest BCUT2D eigenvalue weighted by Crippen LogP contribution is 2.25. The predicted molar refractivity (Wildman–Crippen MR) is 79.0 cm³/mol. The fraction of sp³-hybridized carbons (Fsp3) is 0.143. The van der Waals surface area contributed by atoms with E-state index in [9.17, 15) is 8.42 Å². The summed E-state index contributed by atoms with van der Waals surface area (Å²) in [6.45, 7) is 1.95. The Labute approximate surface area is 123 Å². The number of thiol groups is 1. The van der Waals surface area contributed by atoms with Gasteiger partial charge >= 0.3 is 0 Å². The second-order valence-electron chi connectivity index (χ2n) is 4.28. The summed E-state index contributed by atoms with van der Waals surface area (Å²) in [5, 5.41) is 1.17. The molecule has 0 atom stereocenters. The zero-order chi connectivity index (χ0) is 14.0. The number of rotatable bonds is 3. The molecule has 0 aromatic heterocycles. The van der Waals surface area contributed by atoms with Crippen LogP contribution in [0.15, 0.2) is 41.3 Å². The molecule has 0 aliphatic rings. The summed E-state index contributed by atoms with van der Waals surface area (Å²) >= 11 is 12.0. The van der Waals surface area contributed by atoms with E-state index >= 15 is 0 Å². The van der Waals surface area contributed by atoms with Gasteiger partial charge in [-0.2, -0.15) is 0 Å². The van der Waals surface area contributed by atoms with Crippen molar-refractivity contribution in [3.8, 4) is 0 Å². The number of aryl methyl sites for hydroxylation is 1. The number of benzene rings is 2. The van der Waals surface area contributed by atoms with Gasteiger partial charge in [0.15, 0.2) is 10.7 Å². The van der Waals surface area contributed by atoms with Gasteiger partial charge in [-0.1, -0.05) is 35.3 Å². The third kappa shape index (κ3) is 3.50. The molecule has 19 heavy (non-hydrogen) atoms. The Morgan fingerprint density at radius 2 is 1.74 bits per heavy atom. The molecule has 0 saturated heterocycles. The van der Waals surface area contributed by atoms with Gasteiger partial charge in [-0.3, -0.25) is 0 Å². The van der Waals surface area contributed by atoms with Crippen molar-refractivity contribution in [2.24, 2.45) is 0 Å². The Kier molecular flexibility index (Phi) is 4.50. The highest BCUT2D eigenvalue weighted by Gasteiger charge is 2.07. The monoisotopic (exact) mass is 314 g/mol. The fourth-order valence-electron chi connectivity index (χ4n) is 1.83. The Morgan fingerprint density at radius 3 is 2.37 bits per heavy atom. The lowest BCUT2D eigenvalue weighted by atomic mass is 10.0. The van der Waals surface area contributed by atoms with Crippen LogP contribution in [0.25, 0.3) is 0 Å². The highest BCUT2D eigenvalue weighted by molar-refractivity contribution is 7.72. The molecule has 0 amide bonds. The van der Waals surface area contributed by atoms with Crippen LogP contribution in [0.3, 0.4) is 0 Å². The van der Waals surface area contributed by atoms with Crippen molar-refractivity contribution in [1.29, 1.82) is 0 Å². The van der Waals surface area contributed by atoms with E-state index in [-0.39, 0.29) is 0 Å². The van der Waals surface area contributed by atoms with Crippen LogP contribution in [0.5, 0.6) is 0 Å². The van der Waals surface area contributed by atoms with Gasteiger partial charge < -0.3 is 0 Å². The first-order chi connectivity index (χ1) is 8.97. The summed E-state index contributed by atoms with van der Waals surface area (Å²) in [5.74, 6) is 0. The Bertz CT molecular complexity index is 686. The summed E-state index contributed by atoms with van der Waals surface area (Å²) in [4.78, 5) is 0.320. The molecule has 0 saturated carbocycles. The summed E-state index contributed by atoms with van der Waals surface area (Å²) < 4.78 is 22.0. The third-order valence-corrected chi connectivity index (χ3v) is 4.23. The quantitative estimate of drug-likeness (QED) is 0.873. The third-order valence-electron chi connectivity index (χ3n) is 2.94. The predicted octanol–water partition coefficient (Wildman–Crippen LogP) is 3.86. The normalized spacial score (nSPS) is 10.9. The van der Waals surface area contributed by atoms with Crippen LogP contribution >= 0.6 is 23.2 Å². The molecule has 0 spiro atoms. The lowest BCUT2D eigenvalue weighted by molar-refractivity contribution is 0.614. The number of hydrogen-bond donors (Lipinski definition) is 1. The molecule has 5 heteroatoms. The van der Waals surface area contributed by atoms with Gasteiger partial charge in [0.05, 0.1) is 4.90 Å². The van der Waals surface area contributed by atoms with Crippen molar-refractivity contribution in [3.63, 3.8) is 0 Å². The molecular weight excluding hydrogens is 303 g/mol. The van der Waals surface area contributed by atoms with Gasteiger partial charge in [-0.25, -0.2) is 8.42 Å². The molecule has 2 nitrogen and oxygen atoms in total. The lowest BCUT2D eigenvalue weighted by Gasteiger charge is -2.08. The second-order valence-corrected chi connectivity index (χ2v) is 6.15.